The maximum Gasteiger partial charge on any atom is 0.293 e. The molecule has 2 amide bonds. The van der Waals surface area contributed by atoms with Crippen LogP contribution in [0.3, 0.4) is 0 Å². The fourth-order valence-electron chi connectivity index (χ4n) is 1.42. The number of hydrogen-bond acceptors (Lipinski definition) is 4. The number of nitrogens with two attached hydrogens (primary N) is 1. The van der Waals surface area contributed by atoms with E-state index in [-0.39, 0.29) is 17.7 Å². The summed E-state index contributed by atoms with van der Waals surface area (Å²) < 4.78 is 0. The van der Waals surface area contributed by atoms with E-state index in [0.717, 1.165) is 11.8 Å². The van der Waals surface area contributed by atoms with Crippen LogP contribution in [-0.2, 0) is 4.79 Å². The van der Waals surface area contributed by atoms with E-state index in [0.29, 0.717) is 5.69 Å². The summed E-state index contributed by atoms with van der Waals surface area (Å²) in [7, 11) is 0. The summed E-state index contributed by atoms with van der Waals surface area (Å²) in [4.78, 5) is 24.5. The van der Waals surface area contributed by atoms with Crippen LogP contribution in [-0.4, -0.2) is 22.9 Å². The minimum atomic E-state index is -0.433. The van der Waals surface area contributed by atoms with Gasteiger partial charge in [0.1, 0.15) is 5.25 Å². The normalized spacial score (nSPS) is 21.1. The summed E-state index contributed by atoms with van der Waals surface area (Å²) in [5.41, 5.74) is 6.01. The molecule has 0 radical (unpaired) electrons. The lowest BCUT2D eigenvalue weighted by molar-refractivity contribution is -0.116. The molecular formula is C10H10N2O2S. The molecule has 1 aromatic carbocycles. The Morgan fingerprint density at radius 3 is 2.47 bits per heavy atom. The van der Waals surface area contributed by atoms with Crippen LogP contribution in [0.5, 0.6) is 0 Å². The number of amides is 2. The number of nitrogens with zero attached hydrogens (tertiary/aromatic N) is 1. The fraction of sp³-hybridized carbons (Fsp3) is 0.200. The maximum absolute atomic E-state index is 11.8. The smallest absolute Gasteiger partial charge is 0.293 e. The molecule has 1 aliphatic rings. The molecule has 0 aromatic heterocycles. The Hall–Kier alpha value is -1.33. The number of imide groups is 1. The number of hydrogen-bond donors (Lipinski definition) is 1. The van der Waals surface area contributed by atoms with Crippen LogP contribution in [0, 0.1) is 0 Å². The van der Waals surface area contributed by atoms with Crippen LogP contribution in [0.15, 0.2) is 30.3 Å². The Morgan fingerprint density at radius 1 is 1.27 bits per heavy atom. The van der Waals surface area contributed by atoms with Crippen molar-refractivity contribution in [2.75, 3.05) is 11.4 Å². The fourth-order valence-corrected chi connectivity index (χ4v) is 2.26. The number of para-hydroxylation sites is 1. The van der Waals surface area contributed by atoms with Gasteiger partial charge in [-0.2, -0.15) is 0 Å². The van der Waals surface area contributed by atoms with Gasteiger partial charge in [0, 0.05) is 6.54 Å². The Balaban J connectivity index is 2.31. The zero-order valence-corrected chi connectivity index (χ0v) is 8.74. The second-order valence-corrected chi connectivity index (χ2v) is 4.27. The van der Waals surface area contributed by atoms with Gasteiger partial charge in [-0.05, 0) is 23.9 Å². The largest absolute Gasteiger partial charge is 0.329 e. The van der Waals surface area contributed by atoms with Crippen molar-refractivity contribution in [1.82, 2.24) is 0 Å². The van der Waals surface area contributed by atoms with Crippen LogP contribution in [0.2, 0.25) is 0 Å². The number of benzene rings is 1. The molecule has 2 rings (SSSR count). The summed E-state index contributed by atoms with van der Waals surface area (Å²) in [6, 6.07) is 8.87. The molecule has 1 heterocycles. The molecule has 5 heteroatoms. The highest BCUT2D eigenvalue weighted by Gasteiger charge is 2.39. The minimum absolute atomic E-state index is 0.193. The van der Waals surface area contributed by atoms with E-state index in [1.165, 1.54) is 4.90 Å². The topological polar surface area (TPSA) is 63.4 Å². The van der Waals surface area contributed by atoms with Crippen LogP contribution in [0.25, 0.3) is 0 Å². The Labute approximate surface area is 91.4 Å². The average Bonchev–Trinajstić information content (AvgIpc) is 2.55. The van der Waals surface area contributed by atoms with Crippen molar-refractivity contribution >= 4 is 28.6 Å². The van der Waals surface area contributed by atoms with E-state index in [1.807, 2.05) is 6.07 Å². The number of carbonyl (C=O) groups is 2. The van der Waals surface area contributed by atoms with Crippen LogP contribution in [0.4, 0.5) is 10.5 Å². The first kappa shape index (κ1) is 10.2. The molecule has 1 fully saturated rings. The molecule has 1 aliphatic heterocycles. The molecule has 4 nitrogen and oxygen atoms in total. The highest BCUT2D eigenvalue weighted by Crippen LogP contribution is 2.30. The van der Waals surface area contributed by atoms with E-state index in [1.54, 1.807) is 24.3 Å². The van der Waals surface area contributed by atoms with Gasteiger partial charge in [0.15, 0.2) is 0 Å². The van der Waals surface area contributed by atoms with E-state index >= 15 is 0 Å². The molecule has 2 N–H and O–H groups in total. The number of rotatable bonds is 2. The molecule has 1 unspecified atom stereocenters. The Bertz CT molecular complexity index is 394. The first-order chi connectivity index (χ1) is 7.24. The number of carbonyl (C=O) groups excluding carboxylic acids is 2. The third kappa shape index (κ3) is 1.75. The van der Waals surface area contributed by atoms with E-state index < -0.39 is 5.25 Å². The van der Waals surface area contributed by atoms with Crippen LogP contribution in [0.1, 0.15) is 0 Å². The molecule has 0 saturated carbocycles. The summed E-state index contributed by atoms with van der Waals surface area (Å²) in [5.74, 6) is -0.223. The maximum atomic E-state index is 11.8. The molecule has 0 bridgehead atoms. The lowest BCUT2D eigenvalue weighted by Gasteiger charge is -2.12. The van der Waals surface area contributed by atoms with Crippen molar-refractivity contribution in [3.05, 3.63) is 30.3 Å². The van der Waals surface area contributed by atoms with E-state index in [9.17, 15) is 9.59 Å². The van der Waals surface area contributed by atoms with Crippen molar-refractivity contribution in [3.63, 3.8) is 0 Å². The SMILES string of the molecule is NCC1SC(=O)N(c2ccccc2)C1=O. The van der Waals surface area contributed by atoms with Crippen molar-refractivity contribution in [3.8, 4) is 0 Å². The molecule has 1 saturated heterocycles. The Morgan fingerprint density at radius 2 is 1.93 bits per heavy atom. The van der Waals surface area contributed by atoms with Gasteiger partial charge in [0.25, 0.3) is 5.24 Å². The Kier molecular flexibility index (Phi) is 2.75. The quantitative estimate of drug-likeness (QED) is 0.817. The van der Waals surface area contributed by atoms with E-state index in [4.69, 9.17) is 5.73 Å². The van der Waals surface area contributed by atoms with Crippen molar-refractivity contribution < 1.29 is 9.59 Å². The van der Waals surface area contributed by atoms with Gasteiger partial charge in [-0.1, -0.05) is 18.2 Å². The first-order valence-corrected chi connectivity index (χ1v) is 5.41. The molecular weight excluding hydrogens is 212 g/mol. The van der Waals surface area contributed by atoms with Crippen molar-refractivity contribution in [2.24, 2.45) is 5.73 Å². The molecule has 0 aliphatic carbocycles. The molecule has 1 atom stereocenters. The molecule has 0 spiro atoms. The van der Waals surface area contributed by atoms with Crippen molar-refractivity contribution in [2.45, 2.75) is 5.25 Å². The standard InChI is InChI=1S/C10H10N2O2S/c11-6-8-9(13)12(10(14)15-8)7-4-2-1-3-5-7/h1-5,8H,6,11H2. The minimum Gasteiger partial charge on any atom is -0.329 e. The number of anilines is 1. The molecule has 78 valence electrons. The lowest BCUT2D eigenvalue weighted by atomic mass is 10.3. The van der Waals surface area contributed by atoms with Gasteiger partial charge in [0.05, 0.1) is 5.69 Å². The zero-order chi connectivity index (χ0) is 10.8. The van der Waals surface area contributed by atoms with Gasteiger partial charge >= 0.3 is 0 Å². The highest BCUT2D eigenvalue weighted by atomic mass is 32.2. The van der Waals surface area contributed by atoms with Gasteiger partial charge in [-0.15, -0.1) is 0 Å². The second-order valence-electron chi connectivity index (χ2n) is 3.12. The third-order valence-corrected chi connectivity index (χ3v) is 3.21. The molecule has 1 aromatic rings. The lowest BCUT2D eigenvalue weighted by Crippen LogP contribution is -2.34. The average molecular weight is 222 g/mol. The van der Waals surface area contributed by atoms with Crippen molar-refractivity contribution in [1.29, 1.82) is 0 Å². The van der Waals surface area contributed by atoms with Gasteiger partial charge in [-0.3, -0.25) is 9.59 Å². The van der Waals surface area contributed by atoms with Crippen LogP contribution < -0.4 is 10.6 Å². The first-order valence-electron chi connectivity index (χ1n) is 4.53. The zero-order valence-electron chi connectivity index (χ0n) is 7.92. The van der Waals surface area contributed by atoms with Crippen LogP contribution >= 0.6 is 11.8 Å². The summed E-state index contributed by atoms with van der Waals surface area (Å²) >= 11 is 0.989. The van der Waals surface area contributed by atoms with Gasteiger partial charge < -0.3 is 5.73 Å². The number of thioether (sulfide) groups is 1. The summed E-state index contributed by atoms with van der Waals surface area (Å²) in [6.45, 7) is 0.193. The predicted molar refractivity (Wildman–Crippen MR) is 59.8 cm³/mol. The van der Waals surface area contributed by atoms with Gasteiger partial charge in [-0.25, -0.2) is 4.90 Å². The second kappa shape index (κ2) is 4.04. The third-order valence-electron chi connectivity index (χ3n) is 2.15. The molecule has 15 heavy (non-hydrogen) atoms. The predicted octanol–water partition coefficient (Wildman–Crippen LogP) is 1.21. The highest BCUT2D eigenvalue weighted by molar-refractivity contribution is 8.15. The summed E-state index contributed by atoms with van der Waals surface area (Å²) in [6.07, 6.45) is 0. The van der Waals surface area contributed by atoms with Gasteiger partial charge in [0.2, 0.25) is 5.91 Å². The monoisotopic (exact) mass is 222 g/mol. The summed E-state index contributed by atoms with van der Waals surface area (Å²) in [5, 5.41) is -0.681. The van der Waals surface area contributed by atoms with E-state index in [2.05, 4.69) is 0 Å².